The van der Waals surface area contributed by atoms with Gasteiger partial charge in [0.2, 0.25) is 0 Å². The normalized spacial score (nSPS) is 16.6. The number of halogens is 2. The molecule has 2 rings (SSSR count). The number of carbonyl (C=O) groups is 1. The van der Waals surface area contributed by atoms with Crippen LogP contribution in [-0.2, 0) is 0 Å². The zero-order valence-electron chi connectivity index (χ0n) is 9.17. The Labute approximate surface area is 122 Å². The molecule has 92 valence electrons. The first kappa shape index (κ1) is 13.1. The number of hydrogen-bond donors (Lipinski definition) is 2. The molecule has 1 saturated carbocycles. The molecule has 0 atom stereocenters. The SMILES string of the molecule is O=C(NCC1(CBr)CC1)c1ccc(I)c(O)c1. The van der Waals surface area contributed by atoms with E-state index >= 15 is 0 Å². The lowest BCUT2D eigenvalue weighted by molar-refractivity contribution is 0.0946. The lowest BCUT2D eigenvalue weighted by Gasteiger charge is -2.12. The topological polar surface area (TPSA) is 49.3 Å². The molecule has 0 unspecified atom stereocenters. The van der Waals surface area contributed by atoms with Gasteiger partial charge in [0.25, 0.3) is 5.91 Å². The number of rotatable bonds is 4. The number of phenols is 1. The second-order valence-corrected chi connectivity index (χ2v) is 6.21. The Kier molecular flexibility index (Phi) is 3.97. The summed E-state index contributed by atoms with van der Waals surface area (Å²) in [5, 5.41) is 13.4. The molecule has 0 heterocycles. The van der Waals surface area contributed by atoms with Crippen LogP contribution in [0.4, 0.5) is 0 Å². The first-order valence-electron chi connectivity index (χ1n) is 5.39. The third-order valence-corrected chi connectivity index (χ3v) is 5.17. The van der Waals surface area contributed by atoms with E-state index in [4.69, 9.17) is 0 Å². The first-order chi connectivity index (χ1) is 8.06. The van der Waals surface area contributed by atoms with E-state index in [-0.39, 0.29) is 17.1 Å². The van der Waals surface area contributed by atoms with Gasteiger partial charge in [-0.3, -0.25) is 4.79 Å². The molecule has 0 aromatic heterocycles. The molecule has 1 fully saturated rings. The van der Waals surface area contributed by atoms with Crippen LogP contribution in [0.3, 0.4) is 0 Å². The third-order valence-electron chi connectivity index (χ3n) is 3.07. The average Bonchev–Trinajstić information content (AvgIpc) is 3.10. The van der Waals surface area contributed by atoms with Crippen molar-refractivity contribution in [2.75, 3.05) is 11.9 Å². The molecule has 0 radical (unpaired) electrons. The van der Waals surface area contributed by atoms with Gasteiger partial charge in [-0.05, 0) is 59.0 Å². The van der Waals surface area contributed by atoms with E-state index in [1.165, 1.54) is 6.07 Å². The first-order valence-corrected chi connectivity index (χ1v) is 7.59. The van der Waals surface area contributed by atoms with Gasteiger partial charge in [-0.2, -0.15) is 0 Å². The summed E-state index contributed by atoms with van der Waals surface area (Å²) < 4.78 is 0.748. The highest BCUT2D eigenvalue weighted by atomic mass is 127. The van der Waals surface area contributed by atoms with Crippen LogP contribution in [0.5, 0.6) is 5.75 Å². The van der Waals surface area contributed by atoms with Crippen molar-refractivity contribution >= 4 is 44.4 Å². The Morgan fingerprint density at radius 3 is 2.76 bits per heavy atom. The van der Waals surface area contributed by atoms with Crippen LogP contribution >= 0.6 is 38.5 Å². The minimum Gasteiger partial charge on any atom is -0.507 e. The second kappa shape index (κ2) is 5.14. The summed E-state index contributed by atoms with van der Waals surface area (Å²) in [5.74, 6) is 0.0313. The van der Waals surface area contributed by atoms with Crippen LogP contribution in [-0.4, -0.2) is 22.9 Å². The van der Waals surface area contributed by atoms with Gasteiger partial charge in [-0.1, -0.05) is 15.9 Å². The molecule has 3 nitrogen and oxygen atoms in total. The Balaban J connectivity index is 1.97. The van der Waals surface area contributed by atoms with E-state index in [1.54, 1.807) is 12.1 Å². The van der Waals surface area contributed by atoms with Gasteiger partial charge in [0, 0.05) is 17.4 Å². The van der Waals surface area contributed by atoms with Crippen molar-refractivity contribution < 1.29 is 9.90 Å². The van der Waals surface area contributed by atoms with Gasteiger partial charge in [0.1, 0.15) is 5.75 Å². The highest BCUT2D eigenvalue weighted by molar-refractivity contribution is 14.1. The molecule has 2 N–H and O–H groups in total. The van der Waals surface area contributed by atoms with E-state index in [1.807, 2.05) is 22.6 Å². The molecule has 1 aliphatic carbocycles. The molecule has 1 aromatic rings. The van der Waals surface area contributed by atoms with Crippen molar-refractivity contribution in [2.24, 2.45) is 5.41 Å². The van der Waals surface area contributed by atoms with Crippen LogP contribution in [0.15, 0.2) is 18.2 Å². The Morgan fingerprint density at radius 1 is 1.53 bits per heavy atom. The summed E-state index contributed by atoms with van der Waals surface area (Å²) in [4.78, 5) is 11.9. The highest BCUT2D eigenvalue weighted by Gasteiger charge is 2.41. The maximum absolute atomic E-state index is 11.9. The van der Waals surface area contributed by atoms with Crippen LogP contribution in [0, 0.1) is 8.99 Å². The number of hydrogen-bond acceptors (Lipinski definition) is 2. The van der Waals surface area contributed by atoms with Crippen molar-refractivity contribution in [3.8, 4) is 5.75 Å². The van der Waals surface area contributed by atoms with Gasteiger partial charge >= 0.3 is 0 Å². The van der Waals surface area contributed by atoms with Crippen molar-refractivity contribution in [3.63, 3.8) is 0 Å². The Hall–Kier alpha value is -0.300. The summed E-state index contributed by atoms with van der Waals surface area (Å²) in [7, 11) is 0. The van der Waals surface area contributed by atoms with Crippen LogP contribution in [0.1, 0.15) is 23.2 Å². The highest BCUT2D eigenvalue weighted by Crippen LogP contribution is 2.46. The standard InChI is InChI=1S/C12H13BrINO2/c13-6-12(3-4-12)7-15-11(17)8-1-2-9(14)10(16)5-8/h1-2,5,16H,3-4,6-7H2,(H,15,17). The summed E-state index contributed by atoms with van der Waals surface area (Å²) in [6.07, 6.45) is 2.33. The Morgan fingerprint density at radius 2 is 2.24 bits per heavy atom. The van der Waals surface area contributed by atoms with Crippen LogP contribution < -0.4 is 5.32 Å². The Bertz CT molecular complexity index is 446. The predicted molar refractivity (Wildman–Crippen MR) is 78.6 cm³/mol. The molecule has 1 amide bonds. The van der Waals surface area contributed by atoms with Gasteiger partial charge < -0.3 is 10.4 Å². The fourth-order valence-electron chi connectivity index (χ4n) is 1.56. The fourth-order valence-corrected chi connectivity index (χ4v) is 2.65. The van der Waals surface area contributed by atoms with Crippen molar-refractivity contribution in [2.45, 2.75) is 12.8 Å². The van der Waals surface area contributed by atoms with E-state index < -0.39 is 0 Å². The van der Waals surface area contributed by atoms with Gasteiger partial charge in [-0.15, -0.1) is 0 Å². The molecule has 5 heteroatoms. The van der Waals surface area contributed by atoms with Gasteiger partial charge in [-0.25, -0.2) is 0 Å². The number of amides is 1. The molecule has 0 aliphatic heterocycles. The molecule has 1 aromatic carbocycles. The monoisotopic (exact) mass is 409 g/mol. The van der Waals surface area contributed by atoms with E-state index in [2.05, 4.69) is 21.2 Å². The minimum atomic E-state index is -0.121. The minimum absolute atomic E-state index is 0.121. The smallest absolute Gasteiger partial charge is 0.251 e. The van der Waals surface area contributed by atoms with E-state index in [0.29, 0.717) is 12.1 Å². The quantitative estimate of drug-likeness (QED) is 0.593. The second-order valence-electron chi connectivity index (χ2n) is 4.48. The number of alkyl halides is 1. The fraction of sp³-hybridized carbons (Fsp3) is 0.417. The maximum Gasteiger partial charge on any atom is 0.251 e. The molecular formula is C12H13BrINO2. The number of carbonyl (C=O) groups excluding carboxylic acids is 1. The summed E-state index contributed by atoms with van der Waals surface area (Å²) >= 11 is 5.50. The zero-order chi connectivity index (χ0) is 12.5. The third kappa shape index (κ3) is 3.13. The number of benzene rings is 1. The van der Waals surface area contributed by atoms with Crippen molar-refractivity contribution in [3.05, 3.63) is 27.3 Å². The molecular weight excluding hydrogens is 397 g/mol. The molecule has 0 bridgehead atoms. The number of phenolic OH excluding ortho intramolecular Hbond substituents is 1. The van der Waals surface area contributed by atoms with Crippen molar-refractivity contribution in [1.82, 2.24) is 5.32 Å². The predicted octanol–water partition coefficient (Wildman–Crippen LogP) is 2.90. The maximum atomic E-state index is 11.9. The summed E-state index contributed by atoms with van der Waals surface area (Å²) in [5.41, 5.74) is 0.772. The molecule has 0 saturated heterocycles. The lowest BCUT2D eigenvalue weighted by atomic mass is 10.1. The largest absolute Gasteiger partial charge is 0.507 e. The molecule has 1 aliphatic rings. The van der Waals surface area contributed by atoms with Crippen LogP contribution in [0.2, 0.25) is 0 Å². The molecule has 0 spiro atoms. The molecule has 17 heavy (non-hydrogen) atoms. The summed E-state index contributed by atoms with van der Waals surface area (Å²) in [6, 6.07) is 4.97. The van der Waals surface area contributed by atoms with E-state index in [0.717, 1.165) is 21.7 Å². The van der Waals surface area contributed by atoms with Crippen molar-refractivity contribution in [1.29, 1.82) is 0 Å². The van der Waals surface area contributed by atoms with Crippen LogP contribution in [0.25, 0.3) is 0 Å². The average molecular weight is 410 g/mol. The lowest BCUT2D eigenvalue weighted by Crippen LogP contribution is -2.30. The van der Waals surface area contributed by atoms with E-state index in [9.17, 15) is 9.90 Å². The van der Waals surface area contributed by atoms with Gasteiger partial charge in [0.05, 0.1) is 3.57 Å². The zero-order valence-corrected chi connectivity index (χ0v) is 12.9. The summed E-state index contributed by atoms with van der Waals surface area (Å²) in [6.45, 7) is 0.698. The number of nitrogens with one attached hydrogen (secondary N) is 1. The van der Waals surface area contributed by atoms with Gasteiger partial charge in [0.15, 0.2) is 0 Å². The number of aromatic hydroxyl groups is 1.